The molecule has 1 aliphatic rings. The number of ether oxygens (including phenoxy) is 1. The van der Waals surface area contributed by atoms with Gasteiger partial charge in [-0.3, -0.25) is 9.69 Å². The minimum atomic E-state index is -0.216. The number of hydrogen-bond donors (Lipinski definition) is 1. The zero-order valence-corrected chi connectivity index (χ0v) is 17.3. The highest BCUT2D eigenvalue weighted by Crippen LogP contribution is 2.27. The third kappa shape index (κ3) is 3.91. The topological polar surface area (TPSA) is 99.2 Å². The summed E-state index contributed by atoms with van der Waals surface area (Å²) in [5, 5.41) is 4.35. The van der Waals surface area contributed by atoms with Gasteiger partial charge >= 0.3 is 0 Å². The Bertz CT molecular complexity index is 1010. The lowest BCUT2D eigenvalue weighted by molar-refractivity contribution is 0.0863. The Morgan fingerprint density at radius 1 is 1.20 bits per heavy atom. The molecule has 1 aromatic carbocycles. The molecule has 0 spiro atoms. The smallest absolute Gasteiger partial charge is 0.185 e. The molecule has 1 saturated heterocycles. The van der Waals surface area contributed by atoms with Gasteiger partial charge < -0.3 is 10.5 Å². The van der Waals surface area contributed by atoms with Crippen LogP contribution < -0.4 is 10.5 Å². The van der Waals surface area contributed by atoms with Gasteiger partial charge in [-0.05, 0) is 43.7 Å². The molecule has 0 bridgehead atoms. The normalized spacial score (nSPS) is 16.7. The van der Waals surface area contributed by atoms with Crippen molar-refractivity contribution in [1.29, 1.82) is 0 Å². The number of aryl methyl sites for hydroxylation is 1. The zero-order valence-electron chi connectivity index (χ0n) is 17.3. The first kappa shape index (κ1) is 20.0. The van der Waals surface area contributed by atoms with Gasteiger partial charge in [0.15, 0.2) is 5.78 Å². The predicted molar refractivity (Wildman–Crippen MR) is 114 cm³/mol. The van der Waals surface area contributed by atoms with Crippen molar-refractivity contribution in [2.24, 2.45) is 0 Å². The molecule has 1 atom stereocenters. The minimum absolute atomic E-state index is 0.0101. The van der Waals surface area contributed by atoms with Gasteiger partial charge in [-0.15, -0.1) is 0 Å². The zero-order chi connectivity index (χ0) is 21.1. The minimum Gasteiger partial charge on any atom is -0.497 e. The summed E-state index contributed by atoms with van der Waals surface area (Å²) in [5.41, 5.74) is 8.56. The van der Waals surface area contributed by atoms with Crippen LogP contribution in [0.1, 0.15) is 41.5 Å². The Morgan fingerprint density at radius 3 is 2.60 bits per heavy atom. The van der Waals surface area contributed by atoms with Crippen LogP contribution in [0.15, 0.2) is 42.9 Å². The molecule has 0 saturated carbocycles. The first-order valence-electron chi connectivity index (χ1n) is 10.2. The largest absolute Gasteiger partial charge is 0.497 e. The van der Waals surface area contributed by atoms with Crippen LogP contribution in [-0.2, 0) is 13.0 Å². The van der Waals surface area contributed by atoms with Crippen molar-refractivity contribution >= 4 is 11.6 Å². The van der Waals surface area contributed by atoms with Gasteiger partial charge in [-0.2, -0.15) is 5.10 Å². The molecule has 3 aromatic rings. The number of nitrogen functional groups attached to an aromatic ring is 1. The first-order valence-corrected chi connectivity index (χ1v) is 10.2. The summed E-state index contributed by atoms with van der Waals surface area (Å²) in [4.78, 5) is 24.2. The number of carbonyl (C=O) groups is 1. The van der Waals surface area contributed by atoms with E-state index in [4.69, 9.17) is 10.5 Å². The molecule has 8 heteroatoms. The van der Waals surface area contributed by atoms with Gasteiger partial charge in [-0.25, -0.2) is 14.6 Å². The van der Waals surface area contributed by atoms with Gasteiger partial charge in [0.2, 0.25) is 0 Å². The molecular weight excluding hydrogens is 380 g/mol. The molecule has 0 aliphatic carbocycles. The number of aromatic nitrogens is 4. The van der Waals surface area contributed by atoms with E-state index >= 15 is 0 Å². The van der Waals surface area contributed by atoms with Crippen LogP contribution in [0, 0.1) is 0 Å². The Labute approximate surface area is 175 Å². The highest BCUT2D eigenvalue weighted by molar-refractivity contribution is 6.03. The number of nitrogens with two attached hydrogens (primary N) is 1. The summed E-state index contributed by atoms with van der Waals surface area (Å²) >= 11 is 0. The lowest BCUT2D eigenvalue weighted by atomic mass is 10.0. The standard InChI is InChI=1S/C22H26N6O2/c1-3-20-24-11-15(12-25-20)14-27-10-4-5-19(27)21(29)18-13-26-28(22(18)23)16-6-8-17(30-2)9-7-16/h6-9,11-13,19H,3-5,10,14,23H2,1-2H3/t19-/m0/s1. The average molecular weight is 406 g/mol. The van der Waals surface area contributed by atoms with Crippen molar-refractivity contribution in [2.45, 2.75) is 38.8 Å². The maximum Gasteiger partial charge on any atom is 0.185 e. The number of Topliss-reactive ketones (excluding diaryl/α,β-unsaturated/α-hetero) is 1. The lowest BCUT2D eigenvalue weighted by Gasteiger charge is -2.23. The number of anilines is 1. The van der Waals surface area contributed by atoms with Crippen molar-refractivity contribution < 1.29 is 9.53 Å². The van der Waals surface area contributed by atoms with Gasteiger partial charge in [0, 0.05) is 30.9 Å². The molecule has 3 heterocycles. The molecule has 2 aromatic heterocycles. The maximum atomic E-state index is 13.3. The second-order valence-electron chi connectivity index (χ2n) is 7.41. The van der Waals surface area contributed by atoms with E-state index in [1.54, 1.807) is 18.0 Å². The molecular formula is C22H26N6O2. The summed E-state index contributed by atoms with van der Waals surface area (Å²) < 4.78 is 6.78. The first-order chi connectivity index (χ1) is 14.6. The van der Waals surface area contributed by atoms with E-state index in [0.29, 0.717) is 17.9 Å². The number of hydrogen-bond acceptors (Lipinski definition) is 7. The van der Waals surface area contributed by atoms with Crippen LogP contribution in [0.2, 0.25) is 0 Å². The molecule has 30 heavy (non-hydrogen) atoms. The molecule has 0 amide bonds. The molecule has 1 fully saturated rings. The third-order valence-corrected chi connectivity index (χ3v) is 5.52. The Balaban J connectivity index is 1.52. The number of carbonyl (C=O) groups excluding carboxylic acids is 1. The maximum absolute atomic E-state index is 13.3. The van der Waals surface area contributed by atoms with Crippen molar-refractivity contribution in [1.82, 2.24) is 24.6 Å². The van der Waals surface area contributed by atoms with Crippen LogP contribution in [0.5, 0.6) is 5.75 Å². The van der Waals surface area contributed by atoms with E-state index in [0.717, 1.165) is 48.6 Å². The van der Waals surface area contributed by atoms with Gasteiger partial charge in [0.25, 0.3) is 0 Å². The third-order valence-electron chi connectivity index (χ3n) is 5.52. The molecule has 156 valence electrons. The van der Waals surface area contributed by atoms with Crippen LogP contribution in [0.3, 0.4) is 0 Å². The van der Waals surface area contributed by atoms with E-state index in [1.165, 1.54) is 0 Å². The summed E-state index contributed by atoms with van der Waals surface area (Å²) in [6.07, 6.45) is 7.85. The monoisotopic (exact) mass is 406 g/mol. The highest BCUT2D eigenvalue weighted by atomic mass is 16.5. The SMILES string of the molecule is CCc1ncc(CN2CCC[C@H]2C(=O)c2cnn(-c3ccc(OC)cc3)c2N)cn1. The fourth-order valence-corrected chi connectivity index (χ4v) is 3.85. The van der Waals surface area contributed by atoms with E-state index in [9.17, 15) is 4.79 Å². The summed E-state index contributed by atoms with van der Waals surface area (Å²) in [5.74, 6) is 1.94. The van der Waals surface area contributed by atoms with E-state index in [1.807, 2.05) is 43.6 Å². The molecule has 2 N–H and O–H groups in total. The molecule has 0 radical (unpaired) electrons. The van der Waals surface area contributed by atoms with Crippen LogP contribution in [-0.4, -0.2) is 50.1 Å². The Hall–Kier alpha value is -3.26. The molecule has 8 nitrogen and oxygen atoms in total. The van der Waals surface area contributed by atoms with E-state index in [2.05, 4.69) is 20.0 Å². The van der Waals surface area contributed by atoms with Crippen LogP contribution >= 0.6 is 0 Å². The van der Waals surface area contributed by atoms with Gasteiger partial charge in [0.1, 0.15) is 17.4 Å². The number of benzene rings is 1. The summed E-state index contributed by atoms with van der Waals surface area (Å²) in [6.45, 7) is 3.53. The summed E-state index contributed by atoms with van der Waals surface area (Å²) in [6, 6.07) is 7.17. The van der Waals surface area contributed by atoms with Crippen LogP contribution in [0.25, 0.3) is 5.69 Å². The Morgan fingerprint density at radius 2 is 1.93 bits per heavy atom. The highest BCUT2D eigenvalue weighted by Gasteiger charge is 2.33. The fraction of sp³-hybridized carbons (Fsp3) is 0.364. The van der Waals surface area contributed by atoms with Gasteiger partial charge in [0.05, 0.1) is 30.6 Å². The van der Waals surface area contributed by atoms with E-state index < -0.39 is 0 Å². The summed E-state index contributed by atoms with van der Waals surface area (Å²) in [7, 11) is 1.62. The molecule has 1 aliphatic heterocycles. The fourth-order valence-electron chi connectivity index (χ4n) is 3.85. The van der Waals surface area contributed by atoms with E-state index in [-0.39, 0.29) is 11.8 Å². The molecule has 4 rings (SSSR count). The number of likely N-dealkylation sites (tertiary alicyclic amines) is 1. The second kappa shape index (κ2) is 8.62. The second-order valence-corrected chi connectivity index (χ2v) is 7.41. The quantitative estimate of drug-likeness (QED) is 0.602. The van der Waals surface area contributed by atoms with Crippen molar-refractivity contribution in [3.8, 4) is 11.4 Å². The lowest BCUT2D eigenvalue weighted by Crippen LogP contribution is -2.36. The number of rotatable bonds is 7. The van der Waals surface area contributed by atoms with Crippen molar-refractivity contribution in [2.75, 3.05) is 19.4 Å². The van der Waals surface area contributed by atoms with Gasteiger partial charge in [-0.1, -0.05) is 6.92 Å². The molecule has 0 unspecified atom stereocenters. The van der Waals surface area contributed by atoms with Crippen molar-refractivity contribution in [3.63, 3.8) is 0 Å². The number of nitrogens with zero attached hydrogens (tertiary/aromatic N) is 5. The number of methoxy groups -OCH3 is 1. The predicted octanol–water partition coefficient (Wildman–Crippen LogP) is 2.66. The average Bonchev–Trinajstić information content (AvgIpc) is 3.40. The number of ketones is 1. The Kier molecular flexibility index (Phi) is 5.76. The van der Waals surface area contributed by atoms with Crippen LogP contribution in [0.4, 0.5) is 5.82 Å². The van der Waals surface area contributed by atoms with Crippen molar-refractivity contribution in [3.05, 3.63) is 59.8 Å².